The molecule has 100 valence electrons. The largest absolute Gasteiger partial charge is 0.443 e. The minimum Gasteiger partial charge on any atom is -0.443 e. The van der Waals surface area contributed by atoms with Crippen molar-refractivity contribution in [1.29, 1.82) is 0 Å². The number of aromatic nitrogens is 2. The van der Waals surface area contributed by atoms with Crippen LogP contribution in [-0.2, 0) is 4.74 Å². The molecule has 18 heavy (non-hydrogen) atoms. The van der Waals surface area contributed by atoms with Crippen molar-refractivity contribution in [3.8, 4) is 0 Å². The van der Waals surface area contributed by atoms with Crippen LogP contribution in [0.1, 0.15) is 41.5 Å². The fourth-order valence-corrected chi connectivity index (χ4v) is 1.37. The van der Waals surface area contributed by atoms with Gasteiger partial charge in [0.2, 0.25) is 5.95 Å². The van der Waals surface area contributed by atoms with Crippen molar-refractivity contribution < 1.29 is 9.53 Å². The van der Waals surface area contributed by atoms with E-state index in [0.29, 0.717) is 5.95 Å². The molecule has 0 N–H and O–H groups in total. The number of amides is 1. The van der Waals surface area contributed by atoms with E-state index in [2.05, 4.69) is 9.97 Å². The molecule has 0 unspecified atom stereocenters. The highest BCUT2D eigenvalue weighted by molar-refractivity contribution is 5.87. The fraction of sp³-hybridized carbons (Fsp3) is 0.615. The van der Waals surface area contributed by atoms with Crippen LogP contribution in [0.15, 0.2) is 18.5 Å². The molecule has 0 bridgehead atoms. The van der Waals surface area contributed by atoms with Crippen LogP contribution in [0.5, 0.6) is 0 Å². The summed E-state index contributed by atoms with van der Waals surface area (Å²) in [6.45, 7) is 11.2. The third-order valence-electron chi connectivity index (χ3n) is 2.00. The summed E-state index contributed by atoms with van der Waals surface area (Å²) in [7, 11) is 0. The first-order valence-electron chi connectivity index (χ1n) is 5.91. The molecule has 0 aliphatic heterocycles. The van der Waals surface area contributed by atoms with Crippen LogP contribution in [0, 0.1) is 0 Å². The Labute approximate surface area is 108 Å². The summed E-state index contributed by atoms with van der Waals surface area (Å²) in [6.07, 6.45) is 2.76. The quantitative estimate of drug-likeness (QED) is 0.770. The molecule has 1 heterocycles. The molecule has 0 saturated heterocycles. The molecule has 1 aromatic heterocycles. The SMILES string of the molecule is CC(C)(C)OC(=O)N(c1ncccn1)C(C)(C)C. The number of nitrogens with zero attached hydrogens (tertiary/aromatic N) is 3. The predicted octanol–water partition coefficient (Wildman–Crippen LogP) is 3.02. The fourth-order valence-electron chi connectivity index (χ4n) is 1.37. The van der Waals surface area contributed by atoms with Crippen LogP contribution in [0.2, 0.25) is 0 Å². The number of ether oxygens (including phenoxy) is 1. The summed E-state index contributed by atoms with van der Waals surface area (Å²) in [5, 5.41) is 0. The lowest BCUT2D eigenvalue weighted by Crippen LogP contribution is -2.49. The Morgan fingerprint density at radius 3 is 2.00 bits per heavy atom. The zero-order valence-electron chi connectivity index (χ0n) is 11.9. The van der Waals surface area contributed by atoms with Crippen molar-refractivity contribution in [2.75, 3.05) is 4.90 Å². The van der Waals surface area contributed by atoms with Gasteiger partial charge in [-0.3, -0.25) is 0 Å². The highest BCUT2D eigenvalue weighted by Gasteiger charge is 2.33. The number of anilines is 1. The minimum atomic E-state index is -0.546. The van der Waals surface area contributed by atoms with E-state index in [0.717, 1.165) is 0 Å². The van der Waals surface area contributed by atoms with Gasteiger partial charge in [-0.05, 0) is 47.6 Å². The minimum absolute atomic E-state index is 0.347. The van der Waals surface area contributed by atoms with Crippen molar-refractivity contribution in [2.24, 2.45) is 0 Å². The molecular weight excluding hydrogens is 230 g/mol. The van der Waals surface area contributed by atoms with Crippen molar-refractivity contribution in [3.05, 3.63) is 18.5 Å². The lowest BCUT2D eigenvalue weighted by Gasteiger charge is -2.34. The van der Waals surface area contributed by atoms with Gasteiger partial charge in [0, 0.05) is 17.9 Å². The van der Waals surface area contributed by atoms with Gasteiger partial charge in [0.1, 0.15) is 5.60 Å². The second kappa shape index (κ2) is 4.92. The average Bonchev–Trinajstić information content (AvgIpc) is 2.13. The summed E-state index contributed by atoms with van der Waals surface area (Å²) in [5.74, 6) is 0.347. The van der Waals surface area contributed by atoms with Gasteiger partial charge in [-0.2, -0.15) is 0 Å². The van der Waals surface area contributed by atoms with Gasteiger partial charge >= 0.3 is 6.09 Å². The summed E-state index contributed by atoms with van der Waals surface area (Å²) in [6, 6.07) is 1.71. The smallest absolute Gasteiger partial charge is 0.417 e. The van der Waals surface area contributed by atoms with Crippen LogP contribution in [0.3, 0.4) is 0 Å². The lowest BCUT2D eigenvalue weighted by molar-refractivity contribution is 0.0547. The highest BCUT2D eigenvalue weighted by atomic mass is 16.6. The molecule has 1 aromatic rings. The molecule has 0 spiro atoms. The van der Waals surface area contributed by atoms with Gasteiger partial charge in [-0.15, -0.1) is 0 Å². The summed E-state index contributed by atoms with van der Waals surface area (Å²) in [4.78, 5) is 21.9. The van der Waals surface area contributed by atoms with E-state index in [1.54, 1.807) is 18.5 Å². The number of carbonyl (C=O) groups excluding carboxylic acids is 1. The van der Waals surface area contributed by atoms with E-state index in [1.807, 2.05) is 41.5 Å². The standard InChI is InChI=1S/C13H21N3O2/c1-12(2,3)16(10-14-8-7-9-15-10)11(17)18-13(4,5)6/h7-9H,1-6H3. The third kappa shape index (κ3) is 3.98. The topological polar surface area (TPSA) is 55.3 Å². The zero-order chi connectivity index (χ0) is 14.0. The second-order valence-electron chi connectivity index (χ2n) is 6.04. The van der Waals surface area contributed by atoms with Crippen molar-refractivity contribution >= 4 is 12.0 Å². The van der Waals surface area contributed by atoms with Crippen molar-refractivity contribution in [2.45, 2.75) is 52.7 Å². The monoisotopic (exact) mass is 251 g/mol. The Morgan fingerprint density at radius 2 is 1.61 bits per heavy atom. The van der Waals surface area contributed by atoms with Crippen LogP contribution in [0.25, 0.3) is 0 Å². The van der Waals surface area contributed by atoms with E-state index in [1.165, 1.54) is 4.90 Å². The molecule has 0 aliphatic rings. The van der Waals surface area contributed by atoms with E-state index in [4.69, 9.17) is 4.74 Å². The number of carbonyl (C=O) groups is 1. The lowest BCUT2D eigenvalue weighted by atomic mass is 10.1. The third-order valence-corrected chi connectivity index (χ3v) is 2.00. The molecule has 0 aliphatic carbocycles. The van der Waals surface area contributed by atoms with Gasteiger partial charge in [0.05, 0.1) is 0 Å². The van der Waals surface area contributed by atoms with Crippen molar-refractivity contribution in [3.63, 3.8) is 0 Å². The Hall–Kier alpha value is -1.65. The van der Waals surface area contributed by atoms with E-state index < -0.39 is 17.2 Å². The molecule has 1 rings (SSSR count). The van der Waals surface area contributed by atoms with Gasteiger partial charge in [-0.25, -0.2) is 19.7 Å². The first-order valence-corrected chi connectivity index (χ1v) is 5.91. The number of hydrogen-bond donors (Lipinski definition) is 0. The second-order valence-corrected chi connectivity index (χ2v) is 6.04. The zero-order valence-corrected chi connectivity index (χ0v) is 11.9. The van der Waals surface area contributed by atoms with Gasteiger partial charge in [-0.1, -0.05) is 0 Å². The maximum atomic E-state index is 12.2. The Balaban J connectivity index is 3.05. The average molecular weight is 251 g/mol. The van der Waals surface area contributed by atoms with Gasteiger partial charge in [0.15, 0.2) is 0 Å². The summed E-state index contributed by atoms with van der Waals surface area (Å²) >= 11 is 0. The Kier molecular flexibility index (Phi) is 3.94. The first kappa shape index (κ1) is 14.4. The molecule has 0 fully saturated rings. The van der Waals surface area contributed by atoms with Crippen LogP contribution < -0.4 is 4.90 Å². The van der Waals surface area contributed by atoms with Crippen molar-refractivity contribution in [1.82, 2.24) is 9.97 Å². The maximum absolute atomic E-state index is 12.2. The van der Waals surface area contributed by atoms with Gasteiger partial charge in [0.25, 0.3) is 0 Å². The molecular formula is C13H21N3O2. The molecule has 1 amide bonds. The highest BCUT2D eigenvalue weighted by Crippen LogP contribution is 2.22. The Bertz CT molecular complexity index is 404. The summed E-state index contributed by atoms with van der Waals surface area (Å²) < 4.78 is 5.39. The maximum Gasteiger partial charge on any atom is 0.417 e. The van der Waals surface area contributed by atoms with E-state index in [9.17, 15) is 4.79 Å². The molecule has 5 heteroatoms. The van der Waals surface area contributed by atoms with E-state index >= 15 is 0 Å². The Morgan fingerprint density at radius 1 is 1.11 bits per heavy atom. The normalized spacial score (nSPS) is 12.1. The molecule has 0 atom stereocenters. The number of hydrogen-bond acceptors (Lipinski definition) is 4. The molecule has 0 radical (unpaired) electrons. The molecule has 5 nitrogen and oxygen atoms in total. The van der Waals surface area contributed by atoms with Crippen LogP contribution >= 0.6 is 0 Å². The predicted molar refractivity (Wildman–Crippen MR) is 70.5 cm³/mol. The van der Waals surface area contributed by atoms with Crippen LogP contribution in [0.4, 0.5) is 10.7 Å². The first-order chi connectivity index (χ1) is 8.11. The molecule has 0 saturated carbocycles. The van der Waals surface area contributed by atoms with Gasteiger partial charge < -0.3 is 4.74 Å². The molecule has 0 aromatic carbocycles. The van der Waals surface area contributed by atoms with E-state index in [-0.39, 0.29) is 0 Å². The summed E-state index contributed by atoms with van der Waals surface area (Å²) in [5.41, 5.74) is -1.00. The van der Waals surface area contributed by atoms with Crippen LogP contribution in [-0.4, -0.2) is 27.2 Å². The number of rotatable bonds is 1.